The first-order valence-corrected chi connectivity index (χ1v) is 7.15. The average Bonchev–Trinajstić information content (AvgIpc) is 3.07. The molecule has 1 atom stereocenters. The molecule has 1 aliphatic rings. The van der Waals surface area contributed by atoms with Gasteiger partial charge in [-0.3, -0.25) is 4.79 Å². The third kappa shape index (κ3) is 2.32. The molecule has 0 aliphatic heterocycles. The summed E-state index contributed by atoms with van der Waals surface area (Å²) in [6.07, 6.45) is 2.22. The second kappa shape index (κ2) is 4.90. The van der Waals surface area contributed by atoms with Gasteiger partial charge in [0.05, 0.1) is 0 Å². The van der Waals surface area contributed by atoms with Crippen LogP contribution in [0.2, 0.25) is 0 Å². The number of benzene rings is 1. The van der Waals surface area contributed by atoms with E-state index in [1.54, 1.807) is 18.2 Å². The number of aromatic amines is 1. The Bertz CT molecular complexity index is 835. The summed E-state index contributed by atoms with van der Waals surface area (Å²) in [5.41, 5.74) is 1.87. The number of rotatable bonds is 4. The number of amides is 1. The first-order chi connectivity index (χ1) is 10.7. The molecule has 2 heterocycles. The van der Waals surface area contributed by atoms with Crippen molar-refractivity contribution in [3.8, 4) is 0 Å². The molecule has 22 heavy (non-hydrogen) atoms. The zero-order chi connectivity index (χ0) is 15.1. The van der Waals surface area contributed by atoms with Gasteiger partial charge in [0.2, 0.25) is 5.89 Å². The largest absolute Gasteiger partial charge is 0.341 e. The van der Waals surface area contributed by atoms with E-state index in [-0.39, 0.29) is 11.9 Å². The van der Waals surface area contributed by atoms with Crippen LogP contribution in [-0.2, 0) is 0 Å². The molecule has 1 amide bonds. The van der Waals surface area contributed by atoms with Crippen LogP contribution >= 0.6 is 0 Å². The zero-order valence-corrected chi connectivity index (χ0v) is 11.9. The lowest BCUT2D eigenvalue weighted by Gasteiger charge is -2.09. The molecule has 1 aromatic carbocycles. The number of nitrogens with zero attached hydrogens (tertiary/aromatic N) is 4. The van der Waals surface area contributed by atoms with Crippen LogP contribution in [0.15, 0.2) is 22.7 Å². The van der Waals surface area contributed by atoms with E-state index < -0.39 is 0 Å². The molecular formula is C14H14N6O2. The molecule has 4 rings (SSSR count). The highest BCUT2D eigenvalue weighted by Gasteiger charge is 2.29. The lowest BCUT2D eigenvalue weighted by molar-refractivity contribution is 0.0932. The Balaban J connectivity index is 1.49. The van der Waals surface area contributed by atoms with Crippen LogP contribution < -0.4 is 5.32 Å². The highest BCUT2D eigenvalue weighted by Crippen LogP contribution is 2.38. The second-order valence-corrected chi connectivity index (χ2v) is 5.49. The lowest BCUT2D eigenvalue weighted by atomic mass is 10.1. The van der Waals surface area contributed by atoms with E-state index >= 15 is 0 Å². The van der Waals surface area contributed by atoms with E-state index in [4.69, 9.17) is 4.52 Å². The van der Waals surface area contributed by atoms with Crippen molar-refractivity contribution in [3.63, 3.8) is 0 Å². The summed E-state index contributed by atoms with van der Waals surface area (Å²) < 4.78 is 5.22. The number of hydrogen-bond acceptors (Lipinski definition) is 6. The number of fused-ring (bicyclic) bond motifs is 1. The standard InChI is InChI=1S/C14H14N6O2/c1-7(14-16-12(19-22-14)8-2-3-8)15-13(21)9-4-5-10-11(6-9)18-20-17-10/h4-8H,2-3H2,1H3,(H,15,21)(H,17,18,20)/t7-/m1/s1. The molecule has 2 aromatic heterocycles. The Morgan fingerprint density at radius 1 is 1.36 bits per heavy atom. The minimum Gasteiger partial charge on any atom is -0.341 e. The molecule has 1 saturated carbocycles. The maximum absolute atomic E-state index is 12.3. The topological polar surface area (TPSA) is 110 Å². The Morgan fingerprint density at radius 3 is 3.00 bits per heavy atom. The number of hydrogen-bond donors (Lipinski definition) is 2. The zero-order valence-electron chi connectivity index (χ0n) is 11.9. The molecule has 1 fully saturated rings. The fourth-order valence-corrected chi connectivity index (χ4v) is 2.25. The monoisotopic (exact) mass is 298 g/mol. The highest BCUT2D eigenvalue weighted by atomic mass is 16.5. The Morgan fingerprint density at radius 2 is 2.18 bits per heavy atom. The molecule has 1 aliphatic carbocycles. The van der Waals surface area contributed by atoms with Crippen molar-refractivity contribution < 1.29 is 9.32 Å². The molecule has 2 N–H and O–H groups in total. The highest BCUT2D eigenvalue weighted by molar-refractivity contribution is 5.97. The Kier molecular flexibility index (Phi) is 2.88. The van der Waals surface area contributed by atoms with Crippen LogP contribution in [0.3, 0.4) is 0 Å². The molecule has 0 saturated heterocycles. The SMILES string of the molecule is C[C@@H](NC(=O)c1ccc2n[nH]nc2c1)c1nc(C2CC2)no1. The number of carbonyl (C=O) groups excluding carboxylic acids is 1. The van der Waals surface area contributed by atoms with Crippen LogP contribution in [-0.4, -0.2) is 31.5 Å². The van der Waals surface area contributed by atoms with Gasteiger partial charge in [-0.25, -0.2) is 0 Å². The van der Waals surface area contributed by atoms with Crippen LogP contribution in [0.5, 0.6) is 0 Å². The van der Waals surface area contributed by atoms with E-state index in [0.29, 0.717) is 22.9 Å². The fraction of sp³-hybridized carbons (Fsp3) is 0.357. The Hall–Kier alpha value is -2.77. The number of nitrogens with one attached hydrogen (secondary N) is 2. The van der Waals surface area contributed by atoms with Crippen molar-refractivity contribution in [3.05, 3.63) is 35.5 Å². The second-order valence-electron chi connectivity index (χ2n) is 5.49. The quantitative estimate of drug-likeness (QED) is 0.758. The molecule has 112 valence electrons. The molecule has 0 bridgehead atoms. The lowest BCUT2D eigenvalue weighted by Crippen LogP contribution is -2.26. The van der Waals surface area contributed by atoms with Crippen LogP contribution in [0.1, 0.15) is 53.8 Å². The molecular weight excluding hydrogens is 284 g/mol. The van der Waals surface area contributed by atoms with E-state index in [2.05, 4.69) is 30.9 Å². The smallest absolute Gasteiger partial charge is 0.251 e. The first kappa shape index (κ1) is 12.9. The molecule has 0 unspecified atom stereocenters. The maximum Gasteiger partial charge on any atom is 0.251 e. The van der Waals surface area contributed by atoms with Crippen molar-refractivity contribution in [2.75, 3.05) is 0 Å². The molecule has 8 heteroatoms. The van der Waals surface area contributed by atoms with Gasteiger partial charge in [-0.2, -0.15) is 20.4 Å². The van der Waals surface area contributed by atoms with Gasteiger partial charge in [-0.05, 0) is 38.0 Å². The minimum atomic E-state index is -0.347. The van der Waals surface area contributed by atoms with Crippen LogP contribution in [0.25, 0.3) is 11.0 Å². The number of carbonyl (C=O) groups is 1. The molecule has 0 radical (unpaired) electrons. The van der Waals surface area contributed by atoms with Gasteiger partial charge in [0.25, 0.3) is 5.91 Å². The van der Waals surface area contributed by atoms with Gasteiger partial charge in [-0.1, -0.05) is 5.16 Å². The third-order valence-corrected chi connectivity index (χ3v) is 3.70. The van der Waals surface area contributed by atoms with E-state index in [9.17, 15) is 4.79 Å². The van der Waals surface area contributed by atoms with Crippen molar-refractivity contribution in [1.29, 1.82) is 0 Å². The van der Waals surface area contributed by atoms with Crippen molar-refractivity contribution >= 4 is 16.9 Å². The predicted octanol–water partition coefficient (Wildman–Crippen LogP) is 1.71. The first-order valence-electron chi connectivity index (χ1n) is 7.15. The minimum absolute atomic E-state index is 0.219. The molecule has 0 spiro atoms. The van der Waals surface area contributed by atoms with Crippen LogP contribution in [0, 0.1) is 0 Å². The third-order valence-electron chi connectivity index (χ3n) is 3.70. The summed E-state index contributed by atoms with van der Waals surface area (Å²) >= 11 is 0. The van der Waals surface area contributed by atoms with Crippen molar-refractivity contribution in [2.24, 2.45) is 0 Å². The van der Waals surface area contributed by atoms with E-state index in [1.807, 2.05) is 6.92 Å². The maximum atomic E-state index is 12.3. The van der Waals surface area contributed by atoms with E-state index in [0.717, 1.165) is 24.2 Å². The normalized spacial score (nSPS) is 15.9. The van der Waals surface area contributed by atoms with Gasteiger partial charge in [0, 0.05) is 11.5 Å². The summed E-state index contributed by atoms with van der Waals surface area (Å²) in [5, 5.41) is 17.3. The summed E-state index contributed by atoms with van der Waals surface area (Å²) in [4.78, 5) is 16.6. The van der Waals surface area contributed by atoms with Gasteiger partial charge in [-0.15, -0.1) is 0 Å². The van der Waals surface area contributed by atoms with Crippen LogP contribution in [0.4, 0.5) is 0 Å². The average molecular weight is 298 g/mol. The van der Waals surface area contributed by atoms with Gasteiger partial charge < -0.3 is 9.84 Å². The summed E-state index contributed by atoms with van der Waals surface area (Å²) in [6.45, 7) is 1.82. The van der Waals surface area contributed by atoms with Crippen molar-refractivity contribution in [2.45, 2.75) is 31.7 Å². The van der Waals surface area contributed by atoms with Gasteiger partial charge in [0.15, 0.2) is 5.82 Å². The predicted molar refractivity (Wildman–Crippen MR) is 76.0 cm³/mol. The summed E-state index contributed by atoms with van der Waals surface area (Å²) in [5.74, 6) is 1.37. The molecule has 8 nitrogen and oxygen atoms in total. The van der Waals surface area contributed by atoms with Gasteiger partial charge in [0.1, 0.15) is 17.1 Å². The van der Waals surface area contributed by atoms with Crippen molar-refractivity contribution in [1.82, 2.24) is 30.9 Å². The summed E-state index contributed by atoms with van der Waals surface area (Å²) in [7, 11) is 0. The molecule has 3 aromatic rings. The van der Waals surface area contributed by atoms with Gasteiger partial charge >= 0.3 is 0 Å². The fourth-order valence-electron chi connectivity index (χ4n) is 2.25. The number of H-pyrrole nitrogens is 1. The number of aromatic nitrogens is 5. The Labute approximate surface area is 125 Å². The van der Waals surface area contributed by atoms with E-state index in [1.165, 1.54) is 0 Å². The summed E-state index contributed by atoms with van der Waals surface area (Å²) in [6, 6.07) is 4.79.